The highest BCUT2D eigenvalue weighted by molar-refractivity contribution is 8.19. The second-order valence-corrected chi connectivity index (χ2v) is 9.44. The molecule has 0 spiro atoms. The number of fused-ring (bicyclic) bond motifs is 1. The Kier molecular flexibility index (Phi) is 6.57. The molecule has 4 rings (SSSR count). The van der Waals surface area contributed by atoms with Crippen LogP contribution in [-0.2, 0) is 4.79 Å². The molecule has 1 fully saturated rings. The second-order valence-electron chi connectivity index (χ2n) is 6.61. The van der Waals surface area contributed by atoms with Crippen LogP contribution in [0.5, 0.6) is 5.75 Å². The minimum Gasteiger partial charge on any atom is -0.497 e. The lowest BCUT2D eigenvalue weighted by Crippen LogP contribution is -2.30. The van der Waals surface area contributed by atoms with Crippen molar-refractivity contribution in [3.63, 3.8) is 0 Å². The van der Waals surface area contributed by atoms with E-state index in [-0.39, 0.29) is 5.91 Å². The Bertz CT molecular complexity index is 1130. The number of benzene rings is 2. The lowest BCUT2D eigenvalue weighted by Gasteiger charge is -2.19. The van der Waals surface area contributed by atoms with Crippen LogP contribution in [0.25, 0.3) is 0 Å². The number of ether oxygens (including phenoxy) is 1. The van der Waals surface area contributed by atoms with Gasteiger partial charge in [0.1, 0.15) is 15.7 Å². The first kappa shape index (κ1) is 22.1. The van der Waals surface area contributed by atoms with E-state index in [1.165, 1.54) is 11.8 Å². The zero-order valence-electron chi connectivity index (χ0n) is 16.9. The Labute approximate surface area is 199 Å². The molecule has 1 amide bonds. The van der Waals surface area contributed by atoms with Crippen LogP contribution in [0.15, 0.2) is 68.9 Å². The fourth-order valence-corrected chi connectivity index (χ4v) is 5.92. The molecule has 1 saturated heterocycles. The number of carbonyl (C=O) groups is 1. The number of amidine groups is 1. The van der Waals surface area contributed by atoms with Crippen LogP contribution in [0.2, 0.25) is 10.0 Å². The van der Waals surface area contributed by atoms with Crippen molar-refractivity contribution in [1.82, 2.24) is 4.90 Å². The van der Waals surface area contributed by atoms with Gasteiger partial charge in [0.15, 0.2) is 5.17 Å². The third kappa shape index (κ3) is 4.20. The van der Waals surface area contributed by atoms with Crippen LogP contribution in [0.4, 0.5) is 11.4 Å². The van der Waals surface area contributed by atoms with Crippen molar-refractivity contribution in [2.45, 2.75) is 11.8 Å². The van der Waals surface area contributed by atoms with E-state index in [2.05, 4.69) is 23.4 Å². The smallest absolute Gasteiger partial charge is 0.269 e. The summed E-state index contributed by atoms with van der Waals surface area (Å²) in [4.78, 5) is 23.5. The summed E-state index contributed by atoms with van der Waals surface area (Å²) in [5.74, 6) is 0.689. The summed E-state index contributed by atoms with van der Waals surface area (Å²) >= 11 is 15.1. The van der Waals surface area contributed by atoms with E-state index in [1.54, 1.807) is 48.0 Å². The predicted octanol–water partition coefficient (Wildman–Crippen LogP) is 6.55. The van der Waals surface area contributed by atoms with E-state index in [4.69, 9.17) is 27.9 Å². The molecule has 9 heteroatoms. The number of hydrogen-bond donors (Lipinski definition) is 0. The zero-order chi connectivity index (χ0) is 22.1. The van der Waals surface area contributed by atoms with Gasteiger partial charge in [-0.3, -0.25) is 9.69 Å². The standard InChI is InChI=1S/C22H19Cl2N3O2S2/c1-4-10-27-20(28)19(31-22(27)25-13-6-8-15(23)16(24)11-13)21-26(5-2)17-12-14(29-3)7-9-18(17)30-21/h4,6-9,11-12H,1,5,10H2,2-3H3. The Morgan fingerprint density at radius 3 is 2.61 bits per heavy atom. The average molecular weight is 492 g/mol. The van der Waals surface area contributed by atoms with Gasteiger partial charge in [-0.2, -0.15) is 0 Å². The van der Waals surface area contributed by atoms with Gasteiger partial charge in [0.25, 0.3) is 5.91 Å². The normalized spacial score (nSPS) is 19.4. The number of nitrogens with zero attached hydrogens (tertiary/aromatic N) is 3. The van der Waals surface area contributed by atoms with E-state index >= 15 is 0 Å². The highest BCUT2D eigenvalue weighted by Crippen LogP contribution is 2.51. The van der Waals surface area contributed by atoms with Crippen molar-refractivity contribution < 1.29 is 9.53 Å². The van der Waals surface area contributed by atoms with Gasteiger partial charge in [0, 0.05) is 24.1 Å². The fourth-order valence-electron chi connectivity index (χ4n) is 3.25. The Morgan fingerprint density at radius 2 is 1.94 bits per heavy atom. The largest absolute Gasteiger partial charge is 0.497 e. The highest BCUT2D eigenvalue weighted by Gasteiger charge is 2.39. The number of anilines is 1. The number of rotatable bonds is 5. The predicted molar refractivity (Wildman–Crippen MR) is 132 cm³/mol. The van der Waals surface area contributed by atoms with E-state index < -0.39 is 0 Å². The molecule has 0 radical (unpaired) electrons. The van der Waals surface area contributed by atoms with Gasteiger partial charge < -0.3 is 9.64 Å². The maximum absolute atomic E-state index is 13.3. The van der Waals surface area contributed by atoms with E-state index in [0.717, 1.165) is 27.9 Å². The molecule has 0 aromatic heterocycles. The number of thioether (sulfide) groups is 2. The third-order valence-electron chi connectivity index (χ3n) is 4.72. The van der Waals surface area contributed by atoms with Crippen LogP contribution in [-0.4, -0.2) is 36.2 Å². The topological polar surface area (TPSA) is 45.1 Å². The van der Waals surface area contributed by atoms with Crippen molar-refractivity contribution >= 4 is 69.2 Å². The number of carbonyl (C=O) groups excluding carboxylic acids is 1. The summed E-state index contributed by atoms with van der Waals surface area (Å²) in [6.07, 6.45) is 1.69. The van der Waals surface area contributed by atoms with Gasteiger partial charge >= 0.3 is 0 Å². The number of hydrogen-bond acceptors (Lipinski definition) is 6. The maximum Gasteiger partial charge on any atom is 0.269 e. The van der Waals surface area contributed by atoms with Crippen LogP contribution in [0.3, 0.4) is 0 Å². The first-order chi connectivity index (χ1) is 15.0. The molecule has 0 bridgehead atoms. The van der Waals surface area contributed by atoms with Crippen LogP contribution in [0, 0.1) is 0 Å². The monoisotopic (exact) mass is 491 g/mol. The van der Waals surface area contributed by atoms with Crippen molar-refractivity contribution in [2.75, 3.05) is 25.1 Å². The summed E-state index contributed by atoms with van der Waals surface area (Å²) in [6.45, 7) is 6.93. The van der Waals surface area contributed by atoms with Gasteiger partial charge in [-0.05, 0) is 49.0 Å². The first-order valence-electron chi connectivity index (χ1n) is 9.48. The summed E-state index contributed by atoms with van der Waals surface area (Å²) in [5, 5.41) is 2.35. The molecule has 2 aromatic carbocycles. The minimum absolute atomic E-state index is 0.0931. The molecular formula is C22H19Cl2N3O2S2. The molecule has 0 N–H and O–H groups in total. The van der Waals surface area contributed by atoms with Crippen LogP contribution < -0.4 is 9.64 Å². The molecule has 160 valence electrons. The van der Waals surface area contributed by atoms with Gasteiger partial charge in [-0.1, -0.05) is 41.0 Å². The lowest BCUT2D eigenvalue weighted by molar-refractivity contribution is -0.121. The van der Waals surface area contributed by atoms with Gasteiger partial charge in [-0.15, -0.1) is 6.58 Å². The molecule has 0 aliphatic carbocycles. The van der Waals surface area contributed by atoms with Crippen LogP contribution >= 0.6 is 46.7 Å². The molecule has 2 heterocycles. The third-order valence-corrected chi connectivity index (χ3v) is 7.84. The van der Waals surface area contributed by atoms with Crippen molar-refractivity contribution in [1.29, 1.82) is 0 Å². The zero-order valence-corrected chi connectivity index (χ0v) is 20.0. The maximum atomic E-state index is 13.3. The average Bonchev–Trinajstić information content (AvgIpc) is 3.28. The summed E-state index contributed by atoms with van der Waals surface area (Å²) in [5.41, 5.74) is 1.66. The van der Waals surface area contributed by atoms with Gasteiger partial charge in [-0.25, -0.2) is 4.99 Å². The van der Waals surface area contributed by atoms with Gasteiger partial charge in [0.05, 0.1) is 28.5 Å². The molecule has 0 unspecified atom stereocenters. The Morgan fingerprint density at radius 1 is 1.13 bits per heavy atom. The summed E-state index contributed by atoms with van der Waals surface area (Å²) in [7, 11) is 1.65. The minimum atomic E-state index is -0.0931. The van der Waals surface area contributed by atoms with E-state index in [9.17, 15) is 4.79 Å². The van der Waals surface area contributed by atoms with E-state index in [0.29, 0.717) is 32.4 Å². The lowest BCUT2D eigenvalue weighted by atomic mass is 10.2. The Hall–Kier alpha value is -2.06. The quantitative estimate of drug-likeness (QED) is 0.350. The summed E-state index contributed by atoms with van der Waals surface area (Å²) in [6, 6.07) is 11.1. The SMILES string of the molecule is C=CCN1C(=O)C(=C2Sc3ccc(OC)cc3N2CC)SC1=Nc1ccc(Cl)c(Cl)c1. The second kappa shape index (κ2) is 9.20. The number of methoxy groups -OCH3 is 1. The highest BCUT2D eigenvalue weighted by atomic mass is 35.5. The molecule has 31 heavy (non-hydrogen) atoms. The number of aliphatic imine (C=N–C) groups is 1. The Balaban J connectivity index is 1.76. The van der Waals surface area contributed by atoms with Crippen molar-refractivity contribution in [3.05, 3.63) is 69.0 Å². The summed E-state index contributed by atoms with van der Waals surface area (Å²) < 4.78 is 5.38. The molecule has 5 nitrogen and oxygen atoms in total. The molecule has 2 aromatic rings. The van der Waals surface area contributed by atoms with E-state index in [1.807, 2.05) is 18.2 Å². The molecule has 0 saturated carbocycles. The number of halogens is 2. The van der Waals surface area contributed by atoms with Crippen molar-refractivity contribution in [3.8, 4) is 5.75 Å². The van der Waals surface area contributed by atoms with Gasteiger partial charge in [0.2, 0.25) is 0 Å². The molecule has 0 atom stereocenters. The number of amides is 1. The molecule has 2 aliphatic heterocycles. The molecule has 2 aliphatic rings. The first-order valence-corrected chi connectivity index (χ1v) is 11.9. The molecular weight excluding hydrogens is 473 g/mol. The van der Waals surface area contributed by atoms with Crippen molar-refractivity contribution in [2.24, 2.45) is 4.99 Å². The van der Waals surface area contributed by atoms with Crippen LogP contribution in [0.1, 0.15) is 6.92 Å². The fraction of sp³-hybridized carbons (Fsp3) is 0.182.